The highest BCUT2D eigenvalue weighted by atomic mass is 16.5. The molecule has 8 nitrogen and oxygen atoms in total. The Morgan fingerprint density at radius 3 is 2.74 bits per heavy atom. The van der Waals surface area contributed by atoms with Gasteiger partial charge in [0.2, 0.25) is 11.9 Å². The minimum Gasteiger partial charge on any atom is -0.382 e. The molecule has 2 amide bonds. The summed E-state index contributed by atoms with van der Waals surface area (Å²) in [7, 11) is 1.64. The van der Waals surface area contributed by atoms with Gasteiger partial charge in [-0.25, -0.2) is 4.98 Å². The second-order valence-corrected chi connectivity index (χ2v) is 8.59. The predicted octanol–water partition coefficient (Wildman–Crippen LogP) is 4.19. The molecule has 8 heteroatoms. The van der Waals surface area contributed by atoms with Crippen LogP contribution in [0.15, 0.2) is 61.2 Å². The van der Waals surface area contributed by atoms with Gasteiger partial charge in [0.05, 0.1) is 36.9 Å². The van der Waals surface area contributed by atoms with E-state index in [0.717, 1.165) is 35.9 Å². The minimum atomic E-state index is -0.229. The lowest BCUT2D eigenvalue weighted by Gasteiger charge is -2.26. The molecule has 0 saturated carbocycles. The van der Waals surface area contributed by atoms with Crippen LogP contribution in [-0.4, -0.2) is 59.7 Å². The molecule has 0 bridgehead atoms. The summed E-state index contributed by atoms with van der Waals surface area (Å²) in [5, 5.41) is 3.02. The van der Waals surface area contributed by atoms with Crippen LogP contribution in [0.25, 0.3) is 11.0 Å². The number of methoxy groups -OCH3 is 1. The number of carbonyl (C=O) groups excluding carboxylic acids is 2. The predicted molar refractivity (Wildman–Crippen MR) is 135 cm³/mol. The number of hydrogen-bond donors (Lipinski definition) is 1. The van der Waals surface area contributed by atoms with Crippen molar-refractivity contribution in [1.29, 1.82) is 0 Å². The lowest BCUT2D eigenvalue weighted by atomic mass is 10.1. The molecule has 1 fully saturated rings. The van der Waals surface area contributed by atoms with E-state index >= 15 is 0 Å². The highest BCUT2D eigenvalue weighted by molar-refractivity contribution is 6.04. The molecule has 1 aromatic heterocycles. The maximum Gasteiger partial charge on any atom is 0.257 e. The number of imidazole rings is 1. The van der Waals surface area contributed by atoms with E-state index < -0.39 is 0 Å². The van der Waals surface area contributed by atoms with Gasteiger partial charge in [-0.05, 0) is 43.5 Å². The summed E-state index contributed by atoms with van der Waals surface area (Å²) in [5.41, 5.74) is 3.20. The number of carbonyl (C=O) groups is 2. The van der Waals surface area contributed by atoms with Gasteiger partial charge >= 0.3 is 0 Å². The lowest BCUT2D eigenvalue weighted by molar-refractivity contribution is -0.126. The minimum absolute atomic E-state index is 0.0578. The zero-order chi connectivity index (χ0) is 24.6. The van der Waals surface area contributed by atoms with Gasteiger partial charge in [0.15, 0.2) is 0 Å². The topological polar surface area (TPSA) is 85.7 Å². The molecular formula is C27H32N4O4. The van der Waals surface area contributed by atoms with Crippen molar-refractivity contribution in [3.8, 4) is 0 Å². The molecule has 184 valence electrons. The molecule has 4 rings (SSSR count). The van der Waals surface area contributed by atoms with Crippen LogP contribution in [0.5, 0.6) is 0 Å². The van der Waals surface area contributed by atoms with Crippen molar-refractivity contribution in [2.24, 2.45) is 0 Å². The summed E-state index contributed by atoms with van der Waals surface area (Å²) >= 11 is 0. The number of anilines is 1. The normalized spacial score (nSPS) is 16.1. The Labute approximate surface area is 205 Å². The molecule has 0 radical (unpaired) electrons. The van der Waals surface area contributed by atoms with Crippen LogP contribution in [0, 0.1) is 0 Å². The Morgan fingerprint density at radius 1 is 1.14 bits per heavy atom. The number of aromatic nitrogens is 2. The molecule has 2 aromatic carbocycles. The number of nitrogens with one attached hydrogen (secondary N) is 1. The number of fused-ring (bicyclic) bond motifs is 1. The number of nitrogens with zero attached hydrogens (tertiary/aromatic N) is 3. The van der Waals surface area contributed by atoms with E-state index in [0.29, 0.717) is 44.4 Å². The van der Waals surface area contributed by atoms with Crippen LogP contribution in [0.1, 0.15) is 41.2 Å². The monoisotopic (exact) mass is 476 g/mol. The van der Waals surface area contributed by atoms with Crippen LogP contribution in [0.3, 0.4) is 0 Å². The molecule has 1 atom stereocenters. The number of benzene rings is 2. The maximum atomic E-state index is 13.1. The van der Waals surface area contributed by atoms with Crippen molar-refractivity contribution >= 4 is 28.8 Å². The molecule has 0 aliphatic carbocycles. The van der Waals surface area contributed by atoms with Gasteiger partial charge < -0.3 is 18.9 Å². The van der Waals surface area contributed by atoms with E-state index in [9.17, 15) is 9.59 Å². The smallest absolute Gasteiger partial charge is 0.257 e. The molecule has 1 aliphatic rings. The number of hydrogen-bond acceptors (Lipinski definition) is 5. The van der Waals surface area contributed by atoms with Gasteiger partial charge in [-0.2, -0.15) is 0 Å². The second-order valence-electron chi connectivity index (χ2n) is 8.59. The molecule has 2 heterocycles. The summed E-state index contributed by atoms with van der Waals surface area (Å²) in [6, 6.07) is 14.9. The highest BCUT2D eigenvalue weighted by Crippen LogP contribution is 2.32. The van der Waals surface area contributed by atoms with Gasteiger partial charge in [0.1, 0.15) is 0 Å². The molecule has 3 aromatic rings. The Morgan fingerprint density at radius 2 is 1.97 bits per heavy atom. The molecule has 1 N–H and O–H groups in total. The van der Waals surface area contributed by atoms with Crippen LogP contribution in [0.4, 0.5) is 5.95 Å². The van der Waals surface area contributed by atoms with Crippen molar-refractivity contribution in [2.75, 3.05) is 38.7 Å². The summed E-state index contributed by atoms with van der Waals surface area (Å²) in [5.74, 6) is 0.156. The van der Waals surface area contributed by atoms with Crippen molar-refractivity contribution < 1.29 is 19.1 Å². The SMILES string of the molecule is C=CC(=O)N1CCCC[C@@H](n2c(NC(=O)c3ccccc3)nc3cccc(COCCOC)c32)C1. The van der Waals surface area contributed by atoms with Gasteiger partial charge in [0.25, 0.3) is 5.91 Å². The number of para-hydroxylation sites is 1. The average molecular weight is 477 g/mol. The standard InChI is InChI=1S/C27H32N4O4/c1-3-24(32)30-15-8-7-13-22(18-30)31-25-21(19-35-17-16-34-2)12-9-14-23(25)28-27(31)29-26(33)20-10-5-4-6-11-20/h3-6,9-12,14,22H,1,7-8,13,15-19H2,2H3,(H,28,29,33)/t22-/m1/s1. The van der Waals surface area contributed by atoms with Crippen LogP contribution >= 0.6 is 0 Å². The Kier molecular flexibility index (Phi) is 8.28. The summed E-state index contributed by atoms with van der Waals surface area (Å²) in [6.07, 6.45) is 4.10. The van der Waals surface area contributed by atoms with Crippen molar-refractivity contribution in [1.82, 2.24) is 14.5 Å². The third-order valence-electron chi connectivity index (χ3n) is 6.24. The van der Waals surface area contributed by atoms with Gasteiger partial charge in [0, 0.05) is 31.3 Å². The average Bonchev–Trinajstić information content (AvgIpc) is 3.07. The van der Waals surface area contributed by atoms with Crippen LogP contribution < -0.4 is 5.32 Å². The fourth-order valence-corrected chi connectivity index (χ4v) is 4.53. The Balaban J connectivity index is 1.75. The van der Waals surface area contributed by atoms with Gasteiger partial charge in [-0.1, -0.05) is 36.9 Å². The summed E-state index contributed by atoms with van der Waals surface area (Å²) in [6.45, 7) is 6.24. The first-order valence-corrected chi connectivity index (χ1v) is 12.0. The first-order valence-electron chi connectivity index (χ1n) is 12.0. The Bertz CT molecular complexity index is 1170. The maximum absolute atomic E-state index is 13.1. The van der Waals surface area contributed by atoms with Gasteiger partial charge in [-0.3, -0.25) is 14.9 Å². The summed E-state index contributed by atoms with van der Waals surface area (Å²) in [4.78, 5) is 32.2. The van der Waals surface area contributed by atoms with E-state index in [2.05, 4.69) is 16.5 Å². The van der Waals surface area contributed by atoms with E-state index in [1.54, 1.807) is 19.2 Å². The fourth-order valence-electron chi connectivity index (χ4n) is 4.53. The molecule has 1 aliphatic heterocycles. The molecule has 1 saturated heterocycles. The van der Waals surface area contributed by atoms with Gasteiger partial charge in [-0.15, -0.1) is 0 Å². The van der Waals surface area contributed by atoms with E-state index in [1.807, 2.05) is 41.3 Å². The molecule has 0 spiro atoms. The first kappa shape index (κ1) is 24.6. The molecule has 0 unspecified atom stereocenters. The largest absolute Gasteiger partial charge is 0.382 e. The van der Waals surface area contributed by atoms with E-state index in [4.69, 9.17) is 14.5 Å². The van der Waals surface area contributed by atoms with E-state index in [-0.39, 0.29) is 17.9 Å². The third kappa shape index (κ3) is 5.78. The zero-order valence-corrected chi connectivity index (χ0v) is 20.1. The fraction of sp³-hybridized carbons (Fsp3) is 0.370. The van der Waals surface area contributed by atoms with Crippen molar-refractivity contribution in [3.05, 3.63) is 72.3 Å². The van der Waals surface area contributed by atoms with Crippen molar-refractivity contribution in [2.45, 2.75) is 31.9 Å². The quantitative estimate of drug-likeness (QED) is 0.370. The third-order valence-corrected chi connectivity index (χ3v) is 6.24. The number of likely N-dealkylation sites (tertiary alicyclic amines) is 1. The number of rotatable bonds is 9. The van der Waals surface area contributed by atoms with Crippen LogP contribution in [-0.2, 0) is 20.9 Å². The number of amides is 2. The Hall–Kier alpha value is -3.49. The first-order chi connectivity index (χ1) is 17.1. The second kappa shape index (κ2) is 11.8. The lowest BCUT2D eigenvalue weighted by Crippen LogP contribution is -2.34. The zero-order valence-electron chi connectivity index (χ0n) is 20.1. The van der Waals surface area contributed by atoms with Crippen LogP contribution in [0.2, 0.25) is 0 Å². The highest BCUT2D eigenvalue weighted by Gasteiger charge is 2.27. The number of ether oxygens (including phenoxy) is 2. The molecule has 35 heavy (non-hydrogen) atoms. The van der Waals surface area contributed by atoms with E-state index in [1.165, 1.54) is 6.08 Å². The summed E-state index contributed by atoms with van der Waals surface area (Å²) < 4.78 is 13.0. The van der Waals surface area contributed by atoms with Crippen molar-refractivity contribution in [3.63, 3.8) is 0 Å². The molecular weight excluding hydrogens is 444 g/mol.